The predicted molar refractivity (Wildman–Crippen MR) is 97.8 cm³/mol. The Bertz CT molecular complexity index is 785. The summed E-state index contributed by atoms with van der Waals surface area (Å²) < 4.78 is -0.394. The Balaban J connectivity index is 1.59. The van der Waals surface area contributed by atoms with Gasteiger partial charge in [0.25, 0.3) is 5.91 Å². The van der Waals surface area contributed by atoms with E-state index in [1.54, 1.807) is 21.6 Å². The van der Waals surface area contributed by atoms with Gasteiger partial charge in [-0.1, -0.05) is 18.2 Å². The van der Waals surface area contributed by atoms with Crippen LogP contribution >= 0.6 is 11.8 Å². The van der Waals surface area contributed by atoms with Gasteiger partial charge in [-0.05, 0) is 38.3 Å². The zero-order chi connectivity index (χ0) is 18.6. The van der Waals surface area contributed by atoms with Gasteiger partial charge in [-0.2, -0.15) is 0 Å². The molecule has 0 radical (unpaired) electrons. The van der Waals surface area contributed by atoms with Crippen LogP contribution in [0.15, 0.2) is 24.3 Å². The first kappa shape index (κ1) is 17.4. The molecule has 1 aromatic carbocycles. The first-order chi connectivity index (χ1) is 12.3. The van der Waals surface area contributed by atoms with Crippen LogP contribution in [0, 0.1) is 5.92 Å². The van der Waals surface area contributed by atoms with E-state index in [9.17, 15) is 14.4 Å². The van der Waals surface area contributed by atoms with E-state index in [0.29, 0.717) is 31.5 Å². The third kappa shape index (κ3) is 2.52. The monoisotopic (exact) mass is 374 g/mol. The molecule has 3 heterocycles. The lowest BCUT2D eigenvalue weighted by Crippen LogP contribution is -2.55. The summed E-state index contributed by atoms with van der Waals surface area (Å²) in [5, 5.41) is 9.03. The first-order valence-electron chi connectivity index (χ1n) is 8.92. The van der Waals surface area contributed by atoms with Gasteiger partial charge in [0.2, 0.25) is 5.91 Å². The number of carbonyl (C=O) groups excluding carboxylic acids is 2. The van der Waals surface area contributed by atoms with Crippen molar-refractivity contribution >= 4 is 29.5 Å². The highest BCUT2D eigenvalue weighted by Gasteiger charge is 2.58. The number of nitrogens with zero attached hydrogens (tertiary/aromatic N) is 2. The van der Waals surface area contributed by atoms with Gasteiger partial charge in [0.1, 0.15) is 11.4 Å². The normalized spacial score (nSPS) is 27.4. The maximum absolute atomic E-state index is 13.3. The van der Waals surface area contributed by atoms with E-state index in [-0.39, 0.29) is 23.1 Å². The second-order valence-electron chi connectivity index (χ2n) is 7.71. The van der Waals surface area contributed by atoms with Gasteiger partial charge < -0.3 is 14.9 Å². The SMILES string of the molecule is CC1(C)SC2c3ccccc3C(=O)N2[C@@H]1C(=O)N1CCC(C(=O)O)CC1. The molecule has 26 heavy (non-hydrogen) atoms. The number of rotatable bonds is 2. The minimum atomic E-state index is -0.793. The summed E-state index contributed by atoms with van der Waals surface area (Å²) in [6.07, 6.45) is 0.942. The van der Waals surface area contributed by atoms with Gasteiger partial charge in [-0.15, -0.1) is 11.8 Å². The van der Waals surface area contributed by atoms with Crippen LogP contribution in [0.4, 0.5) is 0 Å². The van der Waals surface area contributed by atoms with Crippen LogP contribution < -0.4 is 0 Å². The van der Waals surface area contributed by atoms with Crippen molar-refractivity contribution in [2.75, 3.05) is 13.1 Å². The molecule has 1 aromatic rings. The largest absolute Gasteiger partial charge is 0.481 e. The number of carbonyl (C=O) groups is 3. The average Bonchev–Trinajstić information content (AvgIpc) is 3.05. The van der Waals surface area contributed by atoms with Crippen LogP contribution in [0.25, 0.3) is 0 Å². The highest BCUT2D eigenvalue weighted by molar-refractivity contribution is 8.01. The minimum absolute atomic E-state index is 0.0602. The van der Waals surface area contributed by atoms with E-state index >= 15 is 0 Å². The number of hydrogen-bond donors (Lipinski definition) is 1. The van der Waals surface area contributed by atoms with Crippen LogP contribution in [0.5, 0.6) is 0 Å². The van der Waals surface area contributed by atoms with E-state index in [1.165, 1.54) is 0 Å². The molecule has 0 saturated carbocycles. The summed E-state index contributed by atoms with van der Waals surface area (Å²) >= 11 is 1.65. The van der Waals surface area contributed by atoms with Crippen LogP contribution in [0.1, 0.15) is 48.0 Å². The summed E-state index contributed by atoms with van der Waals surface area (Å²) in [5.41, 5.74) is 1.67. The fourth-order valence-electron chi connectivity index (χ4n) is 4.30. The zero-order valence-corrected chi connectivity index (χ0v) is 15.7. The van der Waals surface area contributed by atoms with E-state index in [2.05, 4.69) is 0 Å². The number of fused-ring (bicyclic) bond motifs is 3. The van der Waals surface area contributed by atoms with Crippen LogP contribution in [-0.2, 0) is 9.59 Å². The third-order valence-electron chi connectivity index (χ3n) is 5.69. The Labute approximate surface area is 156 Å². The molecule has 4 rings (SSSR count). The summed E-state index contributed by atoms with van der Waals surface area (Å²) in [6, 6.07) is 7.03. The van der Waals surface area contributed by atoms with Crippen molar-refractivity contribution in [1.29, 1.82) is 0 Å². The fourth-order valence-corrected chi connectivity index (χ4v) is 5.88. The Morgan fingerprint density at radius 3 is 2.50 bits per heavy atom. The van der Waals surface area contributed by atoms with E-state index < -0.39 is 16.8 Å². The molecule has 0 spiro atoms. The summed E-state index contributed by atoms with van der Waals surface area (Å²) in [6.45, 7) is 4.90. The first-order valence-corrected chi connectivity index (χ1v) is 9.80. The number of benzene rings is 1. The molecule has 7 heteroatoms. The molecule has 2 amide bonds. The summed E-state index contributed by atoms with van der Waals surface area (Å²) in [4.78, 5) is 40.9. The molecule has 6 nitrogen and oxygen atoms in total. The highest BCUT2D eigenvalue weighted by Crippen LogP contribution is 2.56. The standard InChI is InChI=1S/C19H22N2O4S/c1-19(2)14(16(23)20-9-7-11(8-10-20)18(24)25)21-15(22)12-5-3-4-6-13(12)17(21)26-19/h3-6,11,14,17H,7-10H2,1-2H3,(H,24,25)/t14-,17?/m1/s1. The maximum Gasteiger partial charge on any atom is 0.306 e. The minimum Gasteiger partial charge on any atom is -0.481 e. The average molecular weight is 374 g/mol. The van der Waals surface area contributed by atoms with Gasteiger partial charge in [0.15, 0.2) is 0 Å². The molecule has 2 atom stereocenters. The second kappa shape index (κ2) is 6.01. The van der Waals surface area contributed by atoms with Gasteiger partial charge >= 0.3 is 5.97 Å². The molecule has 138 valence electrons. The van der Waals surface area contributed by atoms with Gasteiger partial charge in [0, 0.05) is 23.4 Å². The van der Waals surface area contributed by atoms with Crippen LogP contribution in [0.2, 0.25) is 0 Å². The number of hydrogen-bond acceptors (Lipinski definition) is 4. The highest BCUT2D eigenvalue weighted by atomic mass is 32.2. The van der Waals surface area contributed by atoms with E-state index in [0.717, 1.165) is 5.56 Å². The molecule has 3 aliphatic heterocycles. The molecule has 1 N–H and O–H groups in total. The Morgan fingerprint density at radius 1 is 1.19 bits per heavy atom. The van der Waals surface area contributed by atoms with Crippen molar-refractivity contribution in [2.24, 2.45) is 5.92 Å². The van der Waals surface area contributed by atoms with Crippen LogP contribution in [0.3, 0.4) is 0 Å². The molecule has 0 aromatic heterocycles. The molecular weight excluding hydrogens is 352 g/mol. The number of aliphatic carboxylic acids is 1. The van der Waals surface area contributed by atoms with Crippen molar-refractivity contribution in [3.05, 3.63) is 35.4 Å². The number of amides is 2. The Hall–Kier alpha value is -2.02. The van der Waals surface area contributed by atoms with Gasteiger partial charge in [0.05, 0.1) is 5.92 Å². The van der Waals surface area contributed by atoms with Crippen molar-refractivity contribution in [3.8, 4) is 0 Å². The lowest BCUT2D eigenvalue weighted by molar-refractivity contribution is -0.147. The molecule has 1 unspecified atom stereocenters. The van der Waals surface area contributed by atoms with Crippen molar-refractivity contribution in [3.63, 3.8) is 0 Å². The topological polar surface area (TPSA) is 77.9 Å². The van der Waals surface area contributed by atoms with Crippen molar-refractivity contribution in [2.45, 2.75) is 42.9 Å². The van der Waals surface area contributed by atoms with Gasteiger partial charge in [-0.25, -0.2) is 0 Å². The third-order valence-corrected chi connectivity index (χ3v) is 7.22. The lowest BCUT2D eigenvalue weighted by Gasteiger charge is -2.37. The quantitative estimate of drug-likeness (QED) is 0.860. The number of likely N-dealkylation sites (tertiary alicyclic amines) is 1. The van der Waals surface area contributed by atoms with E-state index in [4.69, 9.17) is 5.11 Å². The van der Waals surface area contributed by atoms with Crippen molar-refractivity contribution in [1.82, 2.24) is 9.80 Å². The molecule has 3 aliphatic rings. The number of carboxylic acid groups (broad SMARTS) is 1. The smallest absolute Gasteiger partial charge is 0.306 e. The second-order valence-corrected chi connectivity index (χ2v) is 9.45. The number of carboxylic acids is 1. The predicted octanol–water partition coefficient (Wildman–Crippen LogP) is 2.36. The summed E-state index contributed by atoms with van der Waals surface area (Å²) in [7, 11) is 0. The molecule has 2 saturated heterocycles. The zero-order valence-electron chi connectivity index (χ0n) is 14.8. The molecular formula is C19H22N2O4S. The Kier molecular flexibility index (Phi) is 4.02. The maximum atomic E-state index is 13.3. The molecule has 0 bridgehead atoms. The van der Waals surface area contributed by atoms with E-state index in [1.807, 2.05) is 38.1 Å². The summed E-state index contributed by atoms with van der Waals surface area (Å²) in [5.74, 6) is -1.31. The molecule has 2 fully saturated rings. The molecule has 0 aliphatic carbocycles. The fraction of sp³-hybridized carbons (Fsp3) is 0.526. The number of thioether (sulfide) groups is 1. The van der Waals surface area contributed by atoms with Gasteiger partial charge in [-0.3, -0.25) is 14.4 Å². The van der Waals surface area contributed by atoms with Crippen molar-refractivity contribution < 1.29 is 19.5 Å². The Morgan fingerprint density at radius 2 is 1.85 bits per heavy atom. The number of piperidine rings is 1. The lowest BCUT2D eigenvalue weighted by atomic mass is 9.94. The van der Waals surface area contributed by atoms with Crippen LogP contribution in [-0.4, -0.2) is 56.6 Å².